The Balaban J connectivity index is 1.30. The number of hydrogen-bond donors (Lipinski definition) is 1. The Morgan fingerprint density at radius 1 is 1.11 bits per heavy atom. The minimum absolute atomic E-state index is 0.179. The van der Waals surface area contributed by atoms with Gasteiger partial charge in [0, 0.05) is 37.6 Å². The fourth-order valence-corrected chi connectivity index (χ4v) is 3.38. The van der Waals surface area contributed by atoms with Gasteiger partial charge in [-0.15, -0.1) is 0 Å². The molecule has 1 aromatic rings. The largest absolute Gasteiger partial charge is 0.441 e. The van der Waals surface area contributed by atoms with Crippen molar-refractivity contribution in [2.24, 2.45) is 10.9 Å². The lowest BCUT2D eigenvalue weighted by atomic mass is 10.00. The number of benzene rings is 1. The molecule has 0 unspecified atom stereocenters. The molecule has 7 nitrogen and oxygen atoms in total. The summed E-state index contributed by atoms with van der Waals surface area (Å²) in [4.78, 5) is 4.37. The fourth-order valence-electron chi connectivity index (χ4n) is 3.38. The molecular weight excluding hydrogens is 352 g/mol. The molecule has 1 fully saturated rings. The van der Waals surface area contributed by atoms with Crippen LogP contribution in [0.3, 0.4) is 0 Å². The molecule has 0 saturated carbocycles. The van der Waals surface area contributed by atoms with Gasteiger partial charge in [0.2, 0.25) is 5.90 Å². The molecule has 0 atom stereocenters. The number of hydrogen-bond acceptors (Lipinski definition) is 7. The number of allylic oxidation sites excluding steroid dienone is 2. The predicted octanol–water partition coefficient (Wildman–Crippen LogP) is 3.11. The molecule has 0 aromatic heterocycles. The summed E-state index contributed by atoms with van der Waals surface area (Å²) in [7, 11) is 0. The molecule has 1 N–H and O–H groups in total. The normalized spacial score (nSPS) is 20.0. The molecule has 1 aromatic carbocycles. The number of ether oxygens (including phenoxy) is 1. The number of piperidine rings is 1. The second kappa shape index (κ2) is 8.63. The molecule has 0 radical (unpaired) electrons. The number of nitrogens with zero attached hydrogens (tertiary/aromatic N) is 5. The van der Waals surface area contributed by atoms with Crippen LogP contribution in [0.25, 0.3) is 0 Å². The zero-order valence-corrected chi connectivity index (χ0v) is 15.7. The zero-order valence-electron chi connectivity index (χ0n) is 15.7. The third kappa shape index (κ3) is 4.53. The van der Waals surface area contributed by atoms with E-state index in [1.165, 1.54) is 0 Å². The number of aliphatic imine (C=N–C) groups is 1. The second-order valence-corrected chi connectivity index (χ2v) is 6.94. The summed E-state index contributed by atoms with van der Waals surface area (Å²) >= 11 is 0. The van der Waals surface area contributed by atoms with Gasteiger partial charge in [0.25, 0.3) is 0 Å². The van der Waals surface area contributed by atoms with Gasteiger partial charge in [0.05, 0.1) is 18.3 Å². The van der Waals surface area contributed by atoms with E-state index < -0.39 is 0 Å². The van der Waals surface area contributed by atoms with Crippen LogP contribution in [0.15, 0.2) is 66.1 Å². The Kier molecular flexibility index (Phi) is 5.59. The van der Waals surface area contributed by atoms with Crippen LogP contribution in [-0.2, 0) is 0 Å². The lowest BCUT2D eigenvalue weighted by molar-refractivity contribution is 0.00574. The van der Waals surface area contributed by atoms with E-state index in [-0.39, 0.29) is 5.92 Å². The number of anilines is 1. The van der Waals surface area contributed by atoms with Crippen LogP contribution in [0.4, 0.5) is 5.69 Å². The van der Waals surface area contributed by atoms with Gasteiger partial charge in [-0.3, -0.25) is 10.4 Å². The average molecular weight is 376 g/mol. The summed E-state index contributed by atoms with van der Waals surface area (Å²) in [6.45, 7) is 3.20. The Hall–Kier alpha value is -3.24. The molecule has 0 spiro atoms. The maximum absolute atomic E-state index is 9.06. The van der Waals surface area contributed by atoms with Gasteiger partial charge < -0.3 is 9.75 Å². The smallest absolute Gasteiger partial charge is 0.215 e. The summed E-state index contributed by atoms with van der Waals surface area (Å²) in [5, 5.41) is 15.5. The number of hydrazine groups is 2. The second-order valence-electron chi connectivity index (χ2n) is 6.94. The van der Waals surface area contributed by atoms with Crippen molar-refractivity contribution < 1.29 is 4.74 Å². The molecule has 4 rings (SSSR count). The third-order valence-corrected chi connectivity index (χ3v) is 4.95. The molecule has 0 bridgehead atoms. The summed E-state index contributed by atoms with van der Waals surface area (Å²) in [6, 6.07) is 10.2. The highest BCUT2D eigenvalue weighted by Crippen LogP contribution is 2.21. The molecule has 0 aliphatic carbocycles. The highest BCUT2D eigenvalue weighted by Gasteiger charge is 2.24. The molecule has 3 aliphatic heterocycles. The van der Waals surface area contributed by atoms with Crippen molar-refractivity contribution in [3.05, 3.63) is 61.1 Å². The molecule has 7 heteroatoms. The lowest BCUT2D eigenvalue weighted by Gasteiger charge is -2.38. The van der Waals surface area contributed by atoms with Gasteiger partial charge in [-0.2, -0.15) is 5.26 Å². The first-order valence-corrected chi connectivity index (χ1v) is 9.59. The quantitative estimate of drug-likeness (QED) is 0.871. The van der Waals surface area contributed by atoms with Gasteiger partial charge >= 0.3 is 0 Å². The Bertz CT molecular complexity index is 827. The highest BCUT2D eigenvalue weighted by molar-refractivity contribution is 5.82. The maximum Gasteiger partial charge on any atom is 0.215 e. The van der Waals surface area contributed by atoms with Crippen LogP contribution in [0.2, 0.25) is 0 Å². The van der Waals surface area contributed by atoms with E-state index in [4.69, 9.17) is 10.00 Å². The number of rotatable bonds is 4. The standard InChI is InChI=1S/C21H24N6O/c22-16-18-8-13-26(14-9-18)27-15-10-23-21(17-27)28-20-6-4-19(5-7-20)24-25-11-2-1-3-12-25/h1-7,10-11,15,18,24H,8-9,12-14,17H2. The van der Waals surface area contributed by atoms with Crippen molar-refractivity contribution in [2.45, 2.75) is 12.8 Å². The van der Waals surface area contributed by atoms with E-state index >= 15 is 0 Å². The van der Waals surface area contributed by atoms with Gasteiger partial charge in [-0.05, 0) is 43.2 Å². The van der Waals surface area contributed by atoms with Gasteiger partial charge in [0.15, 0.2) is 0 Å². The summed E-state index contributed by atoms with van der Waals surface area (Å²) in [5.74, 6) is 1.60. The molecular formula is C21H24N6O. The Morgan fingerprint density at radius 3 is 2.64 bits per heavy atom. The molecule has 144 valence electrons. The van der Waals surface area contributed by atoms with Crippen molar-refractivity contribution in [3.63, 3.8) is 0 Å². The van der Waals surface area contributed by atoms with Crippen LogP contribution in [-0.4, -0.2) is 47.1 Å². The van der Waals surface area contributed by atoms with Crippen molar-refractivity contribution in [2.75, 3.05) is 31.6 Å². The minimum atomic E-state index is 0.179. The summed E-state index contributed by atoms with van der Waals surface area (Å²) < 4.78 is 5.98. The summed E-state index contributed by atoms with van der Waals surface area (Å²) in [5.41, 5.74) is 4.33. The monoisotopic (exact) mass is 376 g/mol. The molecule has 3 aliphatic rings. The van der Waals surface area contributed by atoms with E-state index in [9.17, 15) is 0 Å². The minimum Gasteiger partial charge on any atom is -0.441 e. The Morgan fingerprint density at radius 2 is 1.93 bits per heavy atom. The average Bonchev–Trinajstić information content (AvgIpc) is 2.76. The van der Waals surface area contributed by atoms with E-state index in [1.54, 1.807) is 6.20 Å². The van der Waals surface area contributed by atoms with E-state index in [0.717, 1.165) is 43.9 Å². The predicted molar refractivity (Wildman–Crippen MR) is 109 cm³/mol. The van der Waals surface area contributed by atoms with Crippen LogP contribution in [0.5, 0.6) is 5.75 Å². The van der Waals surface area contributed by atoms with Crippen molar-refractivity contribution in [1.29, 1.82) is 5.26 Å². The van der Waals surface area contributed by atoms with Crippen LogP contribution in [0.1, 0.15) is 12.8 Å². The van der Waals surface area contributed by atoms with Gasteiger partial charge in [-0.1, -0.05) is 12.2 Å². The topological polar surface area (TPSA) is 67.1 Å². The summed E-state index contributed by atoms with van der Waals surface area (Å²) in [6.07, 6.45) is 13.7. The highest BCUT2D eigenvalue weighted by atomic mass is 16.5. The Labute approximate surface area is 165 Å². The van der Waals surface area contributed by atoms with Gasteiger partial charge in [-0.25, -0.2) is 10.0 Å². The lowest BCUT2D eigenvalue weighted by Crippen LogP contribution is -2.47. The molecule has 3 heterocycles. The SMILES string of the molecule is N#CC1CCN(N2C=CN=C(Oc3ccc(NN4C=CC=CC4)cc3)C2)CC1. The van der Waals surface area contributed by atoms with Crippen molar-refractivity contribution in [3.8, 4) is 11.8 Å². The van der Waals surface area contributed by atoms with Crippen LogP contribution >= 0.6 is 0 Å². The van der Waals surface area contributed by atoms with Crippen molar-refractivity contribution in [1.82, 2.24) is 15.0 Å². The number of nitrogens with one attached hydrogen (secondary N) is 1. The van der Waals surface area contributed by atoms with E-state index in [1.807, 2.05) is 53.8 Å². The van der Waals surface area contributed by atoms with Crippen LogP contribution < -0.4 is 10.2 Å². The fraction of sp³-hybridized carbons (Fsp3) is 0.333. The molecule has 0 amide bonds. The van der Waals surface area contributed by atoms with E-state index in [2.05, 4.69) is 32.6 Å². The zero-order chi connectivity index (χ0) is 19.2. The third-order valence-electron chi connectivity index (χ3n) is 4.95. The first-order valence-electron chi connectivity index (χ1n) is 9.59. The first-order chi connectivity index (χ1) is 13.8. The van der Waals surface area contributed by atoms with Crippen molar-refractivity contribution >= 4 is 11.6 Å². The first kappa shape index (κ1) is 18.1. The van der Waals surface area contributed by atoms with Gasteiger partial charge in [0.1, 0.15) is 12.3 Å². The molecule has 1 saturated heterocycles. The maximum atomic E-state index is 9.06. The van der Waals surface area contributed by atoms with E-state index in [0.29, 0.717) is 12.4 Å². The van der Waals surface area contributed by atoms with Crippen LogP contribution in [0, 0.1) is 17.2 Å². The molecule has 28 heavy (non-hydrogen) atoms. The number of nitriles is 1.